The number of carbonyl (C=O) groups is 1. The van der Waals surface area contributed by atoms with Crippen LogP contribution in [0.1, 0.15) is 23.4 Å². The van der Waals surface area contributed by atoms with E-state index in [2.05, 4.69) is 11.4 Å². The Balaban J connectivity index is 2.05. The minimum absolute atomic E-state index is 0.295. The van der Waals surface area contributed by atoms with Gasteiger partial charge in [-0.1, -0.05) is 35.9 Å². The summed E-state index contributed by atoms with van der Waals surface area (Å²) in [5.41, 5.74) is 0.754. The summed E-state index contributed by atoms with van der Waals surface area (Å²) >= 11 is 7.91. The van der Waals surface area contributed by atoms with Crippen molar-refractivity contribution in [1.82, 2.24) is 5.32 Å². The largest absolute Gasteiger partial charge is 0.465 e. The van der Waals surface area contributed by atoms with E-state index in [0.29, 0.717) is 18.2 Å². The number of carbonyl (C=O) groups excluding carboxylic acids is 1. The molecule has 112 valence electrons. The van der Waals surface area contributed by atoms with E-state index >= 15 is 0 Å². The Morgan fingerprint density at radius 2 is 2.14 bits per heavy atom. The maximum Gasteiger partial charge on any atom is 0.327 e. The van der Waals surface area contributed by atoms with Crippen LogP contribution in [0.2, 0.25) is 5.02 Å². The normalized spacial score (nSPS) is 12.1. The SMILES string of the molecule is CCOC(=O)C(NCCc1cccs1)c1ccccc1Cl. The molecule has 1 heterocycles. The van der Waals surface area contributed by atoms with Gasteiger partial charge >= 0.3 is 5.97 Å². The average molecular weight is 324 g/mol. The van der Waals surface area contributed by atoms with Crippen LogP contribution in [0.3, 0.4) is 0 Å². The summed E-state index contributed by atoms with van der Waals surface area (Å²) in [7, 11) is 0. The van der Waals surface area contributed by atoms with E-state index in [1.807, 2.05) is 29.6 Å². The molecular weight excluding hydrogens is 306 g/mol. The van der Waals surface area contributed by atoms with Crippen molar-refractivity contribution in [3.63, 3.8) is 0 Å². The van der Waals surface area contributed by atoms with Gasteiger partial charge in [0.1, 0.15) is 6.04 Å². The van der Waals surface area contributed by atoms with Crippen molar-refractivity contribution in [2.24, 2.45) is 0 Å². The monoisotopic (exact) mass is 323 g/mol. The van der Waals surface area contributed by atoms with Crippen molar-refractivity contribution >= 4 is 28.9 Å². The zero-order valence-corrected chi connectivity index (χ0v) is 13.4. The zero-order chi connectivity index (χ0) is 15.1. The maximum absolute atomic E-state index is 12.1. The summed E-state index contributed by atoms with van der Waals surface area (Å²) in [4.78, 5) is 13.4. The second-order valence-corrected chi connectivity index (χ2v) is 5.93. The molecule has 0 radical (unpaired) electrons. The second kappa shape index (κ2) is 8.17. The number of nitrogens with one attached hydrogen (secondary N) is 1. The molecule has 0 saturated heterocycles. The Labute approximate surface area is 133 Å². The van der Waals surface area contributed by atoms with E-state index in [4.69, 9.17) is 16.3 Å². The van der Waals surface area contributed by atoms with E-state index in [1.54, 1.807) is 24.3 Å². The van der Waals surface area contributed by atoms with E-state index < -0.39 is 6.04 Å². The molecule has 1 aromatic heterocycles. The smallest absolute Gasteiger partial charge is 0.327 e. The first kappa shape index (κ1) is 16.0. The van der Waals surface area contributed by atoms with Crippen LogP contribution in [0.15, 0.2) is 41.8 Å². The third-order valence-corrected chi connectivity index (χ3v) is 4.32. The molecule has 2 aromatic rings. The van der Waals surface area contributed by atoms with Crippen molar-refractivity contribution in [1.29, 1.82) is 0 Å². The highest BCUT2D eigenvalue weighted by molar-refractivity contribution is 7.09. The number of hydrogen-bond donors (Lipinski definition) is 1. The molecule has 2 rings (SSSR count). The van der Waals surface area contributed by atoms with Gasteiger partial charge in [-0.25, -0.2) is 4.79 Å². The van der Waals surface area contributed by atoms with Crippen molar-refractivity contribution in [3.05, 3.63) is 57.2 Å². The fourth-order valence-corrected chi connectivity index (χ4v) is 3.00. The van der Waals surface area contributed by atoms with Crippen molar-refractivity contribution in [2.45, 2.75) is 19.4 Å². The Morgan fingerprint density at radius 3 is 2.81 bits per heavy atom. The molecule has 1 aromatic carbocycles. The van der Waals surface area contributed by atoms with Gasteiger partial charge in [0.2, 0.25) is 0 Å². The quantitative estimate of drug-likeness (QED) is 0.787. The van der Waals surface area contributed by atoms with Crippen molar-refractivity contribution in [2.75, 3.05) is 13.2 Å². The van der Waals surface area contributed by atoms with Gasteiger partial charge in [0.25, 0.3) is 0 Å². The number of benzene rings is 1. The number of halogens is 1. The van der Waals surface area contributed by atoms with Crippen LogP contribution >= 0.6 is 22.9 Å². The molecule has 21 heavy (non-hydrogen) atoms. The Morgan fingerprint density at radius 1 is 1.33 bits per heavy atom. The van der Waals surface area contributed by atoms with Gasteiger partial charge in [-0.2, -0.15) is 0 Å². The van der Waals surface area contributed by atoms with E-state index in [0.717, 1.165) is 12.0 Å². The van der Waals surface area contributed by atoms with E-state index in [-0.39, 0.29) is 5.97 Å². The van der Waals surface area contributed by atoms with Crippen LogP contribution in [0.4, 0.5) is 0 Å². The Kier molecular flexibility index (Phi) is 6.23. The zero-order valence-electron chi connectivity index (χ0n) is 11.8. The molecule has 0 fully saturated rings. The number of esters is 1. The third-order valence-electron chi connectivity index (χ3n) is 3.04. The highest BCUT2D eigenvalue weighted by atomic mass is 35.5. The fraction of sp³-hybridized carbons (Fsp3) is 0.312. The Hall–Kier alpha value is -1.36. The molecule has 0 amide bonds. The lowest BCUT2D eigenvalue weighted by molar-refractivity contribution is -0.145. The van der Waals surface area contributed by atoms with Gasteiger partial charge in [-0.3, -0.25) is 0 Å². The van der Waals surface area contributed by atoms with E-state index in [1.165, 1.54) is 4.88 Å². The second-order valence-electron chi connectivity index (χ2n) is 4.49. The molecule has 0 spiro atoms. The minimum atomic E-state index is -0.529. The van der Waals surface area contributed by atoms with Gasteiger partial charge in [0.15, 0.2) is 0 Å². The number of ether oxygens (including phenoxy) is 1. The molecule has 0 aliphatic heterocycles. The number of thiophene rings is 1. The first-order chi connectivity index (χ1) is 10.2. The molecule has 0 bridgehead atoms. The first-order valence-electron chi connectivity index (χ1n) is 6.89. The molecule has 0 aliphatic carbocycles. The Bertz CT molecular complexity index is 571. The predicted octanol–water partition coefficient (Wildman–Crippen LogP) is 3.84. The first-order valence-corrected chi connectivity index (χ1v) is 8.15. The van der Waals surface area contributed by atoms with Crippen LogP contribution in [0.25, 0.3) is 0 Å². The average Bonchev–Trinajstić information content (AvgIpc) is 2.98. The maximum atomic E-state index is 12.1. The minimum Gasteiger partial charge on any atom is -0.465 e. The number of hydrogen-bond acceptors (Lipinski definition) is 4. The van der Waals surface area contributed by atoms with Crippen LogP contribution in [0, 0.1) is 0 Å². The van der Waals surface area contributed by atoms with Crippen molar-refractivity contribution < 1.29 is 9.53 Å². The van der Waals surface area contributed by atoms with E-state index in [9.17, 15) is 4.79 Å². The third kappa shape index (κ3) is 4.56. The topological polar surface area (TPSA) is 38.3 Å². The summed E-state index contributed by atoms with van der Waals surface area (Å²) in [5, 5.41) is 5.86. The van der Waals surface area contributed by atoms with Gasteiger partial charge in [-0.05, 0) is 36.4 Å². The molecule has 1 N–H and O–H groups in total. The molecule has 0 saturated carbocycles. The molecule has 0 aliphatic rings. The summed E-state index contributed by atoms with van der Waals surface area (Å²) in [6.45, 7) is 2.84. The molecule has 3 nitrogen and oxygen atoms in total. The lowest BCUT2D eigenvalue weighted by Crippen LogP contribution is -2.31. The van der Waals surface area contributed by atoms with Crippen molar-refractivity contribution in [3.8, 4) is 0 Å². The summed E-state index contributed by atoms with van der Waals surface area (Å²) in [6.07, 6.45) is 0.873. The molecule has 1 unspecified atom stereocenters. The van der Waals surface area contributed by atoms with Gasteiger partial charge in [0.05, 0.1) is 6.61 Å². The van der Waals surface area contributed by atoms with Gasteiger partial charge in [0, 0.05) is 16.4 Å². The summed E-state index contributed by atoms with van der Waals surface area (Å²) in [5.74, 6) is -0.295. The standard InChI is InChI=1S/C16H18ClNO2S/c1-2-20-16(19)15(13-7-3-4-8-14(13)17)18-10-9-12-6-5-11-21-12/h3-8,11,15,18H,2,9-10H2,1H3. The molecule has 5 heteroatoms. The van der Waals surface area contributed by atoms with Gasteiger partial charge in [-0.15, -0.1) is 11.3 Å². The van der Waals surface area contributed by atoms with Crippen LogP contribution in [-0.2, 0) is 16.0 Å². The lowest BCUT2D eigenvalue weighted by Gasteiger charge is -2.18. The highest BCUT2D eigenvalue weighted by Crippen LogP contribution is 2.24. The fourth-order valence-electron chi connectivity index (χ4n) is 2.05. The van der Waals surface area contributed by atoms with Gasteiger partial charge < -0.3 is 10.1 Å². The summed E-state index contributed by atoms with van der Waals surface area (Å²) in [6, 6.07) is 10.9. The van der Waals surface area contributed by atoms with Crippen LogP contribution in [-0.4, -0.2) is 19.1 Å². The predicted molar refractivity (Wildman–Crippen MR) is 86.9 cm³/mol. The van der Waals surface area contributed by atoms with Crippen LogP contribution < -0.4 is 5.32 Å². The molecular formula is C16H18ClNO2S. The number of rotatable bonds is 7. The summed E-state index contributed by atoms with van der Waals surface area (Å²) < 4.78 is 5.14. The molecule has 1 atom stereocenters. The lowest BCUT2D eigenvalue weighted by atomic mass is 10.1. The van der Waals surface area contributed by atoms with Crippen LogP contribution in [0.5, 0.6) is 0 Å². The highest BCUT2D eigenvalue weighted by Gasteiger charge is 2.23.